The quantitative estimate of drug-likeness (QED) is 0.640. The lowest BCUT2D eigenvalue weighted by molar-refractivity contribution is 0.435. The SMILES string of the molecule is ClC1=CC=CC2CCc3cccnc3C(Cl)C12. The molecule has 0 bridgehead atoms. The highest BCUT2D eigenvalue weighted by atomic mass is 35.5. The number of rotatable bonds is 0. The molecule has 17 heavy (non-hydrogen) atoms. The van der Waals surface area contributed by atoms with E-state index in [4.69, 9.17) is 23.2 Å². The van der Waals surface area contributed by atoms with E-state index < -0.39 is 0 Å². The van der Waals surface area contributed by atoms with E-state index in [9.17, 15) is 0 Å². The number of fused-ring (bicyclic) bond motifs is 2. The van der Waals surface area contributed by atoms with Crippen LogP contribution < -0.4 is 0 Å². The molecule has 3 unspecified atom stereocenters. The van der Waals surface area contributed by atoms with Gasteiger partial charge >= 0.3 is 0 Å². The first-order chi connectivity index (χ1) is 8.27. The van der Waals surface area contributed by atoms with E-state index in [1.165, 1.54) is 5.56 Å². The Balaban J connectivity index is 2.06. The van der Waals surface area contributed by atoms with Crippen molar-refractivity contribution in [1.29, 1.82) is 0 Å². The lowest BCUT2D eigenvalue weighted by Crippen LogP contribution is -2.19. The summed E-state index contributed by atoms with van der Waals surface area (Å²) in [5, 5.41) is 0.739. The van der Waals surface area contributed by atoms with Crippen LogP contribution in [0.3, 0.4) is 0 Å². The van der Waals surface area contributed by atoms with Crippen molar-refractivity contribution in [3.63, 3.8) is 0 Å². The van der Waals surface area contributed by atoms with Crippen molar-refractivity contribution >= 4 is 23.2 Å². The number of halogens is 2. The number of hydrogen-bond donors (Lipinski definition) is 0. The van der Waals surface area contributed by atoms with Crippen molar-refractivity contribution < 1.29 is 0 Å². The molecule has 3 heteroatoms. The van der Waals surface area contributed by atoms with Gasteiger partial charge in [0.2, 0.25) is 0 Å². The van der Waals surface area contributed by atoms with Gasteiger partial charge in [-0.25, -0.2) is 0 Å². The lowest BCUT2D eigenvalue weighted by atomic mass is 9.84. The molecule has 3 rings (SSSR count). The van der Waals surface area contributed by atoms with Gasteiger partial charge in [0.15, 0.2) is 0 Å². The van der Waals surface area contributed by atoms with Crippen LogP contribution in [0.25, 0.3) is 0 Å². The first-order valence-electron chi connectivity index (χ1n) is 5.89. The molecule has 2 aliphatic rings. The molecule has 0 saturated carbocycles. The van der Waals surface area contributed by atoms with Gasteiger partial charge in [0.1, 0.15) is 0 Å². The summed E-state index contributed by atoms with van der Waals surface area (Å²) in [6.07, 6.45) is 10.1. The first kappa shape index (κ1) is 11.3. The number of hydrogen-bond acceptors (Lipinski definition) is 1. The van der Waals surface area contributed by atoms with Gasteiger partial charge in [0.25, 0.3) is 0 Å². The molecule has 0 N–H and O–H groups in total. The van der Waals surface area contributed by atoms with Crippen LogP contribution in [0, 0.1) is 11.8 Å². The van der Waals surface area contributed by atoms with Crippen LogP contribution in [0.4, 0.5) is 0 Å². The van der Waals surface area contributed by atoms with Crippen LogP contribution in [0.15, 0.2) is 41.6 Å². The Kier molecular flexibility index (Phi) is 2.97. The third-order valence-electron chi connectivity index (χ3n) is 3.64. The van der Waals surface area contributed by atoms with Crippen molar-refractivity contribution in [3.8, 4) is 0 Å². The number of aryl methyl sites for hydroxylation is 1. The minimum Gasteiger partial charge on any atom is -0.259 e. The molecule has 0 spiro atoms. The largest absolute Gasteiger partial charge is 0.259 e. The van der Waals surface area contributed by atoms with Gasteiger partial charge in [0.05, 0.1) is 11.1 Å². The number of pyridine rings is 1. The van der Waals surface area contributed by atoms with E-state index in [0.717, 1.165) is 23.6 Å². The second kappa shape index (κ2) is 4.47. The van der Waals surface area contributed by atoms with Crippen LogP contribution in [0.2, 0.25) is 0 Å². The maximum absolute atomic E-state index is 6.60. The van der Waals surface area contributed by atoms with Gasteiger partial charge in [0, 0.05) is 17.1 Å². The molecule has 0 aliphatic heterocycles. The average Bonchev–Trinajstić information content (AvgIpc) is 2.49. The van der Waals surface area contributed by atoms with Crippen molar-refractivity contribution in [2.45, 2.75) is 18.2 Å². The highest BCUT2D eigenvalue weighted by molar-refractivity contribution is 6.31. The zero-order valence-corrected chi connectivity index (χ0v) is 10.8. The van der Waals surface area contributed by atoms with Crippen LogP contribution in [0.5, 0.6) is 0 Å². The fraction of sp³-hybridized carbons (Fsp3) is 0.357. The second-order valence-electron chi connectivity index (χ2n) is 4.61. The van der Waals surface area contributed by atoms with Crippen molar-refractivity contribution in [2.24, 2.45) is 11.8 Å². The molecule has 1 aromatic rings. The monoisotopic (exact) mass is 265 g/mol. The van der Waals surface area contributed by atoms with Crippen molar-refractivity contribution in [1.82, 2.24) is 4.98 Å². The van der Waals surface area contributed by atoms with Crippen LogP contribution in [-0.2, 0) is 6.42 Å². The molecule has 3 atom stereocenters. The van der Waals surface area contributed by atoms with Gasteiger partial charge in [-0.1, -0.05) is 29.8 Å². The Morgan fingerprint density at radius 2 is 2.24 bits per heavy atom. The van der Waals surface area contributed by atoms with E-state index in [2.05, 4.69) is 17.1 Å². The molecule has 0 radical (unpaired) electrons. The van der Waals surface area contributed by atoms with Gasteiger partial charge < -0.3 is 0 Å². The molecule has 2 aliphatic carbocycles. The Hall–Kier alpha value is -0.790. The standard InChI is InChI=1S/C14H13Cl2N/c15-11-5-1-3-9-6-7-10-4-2-8-17-14(10)13(16)12(9)11/h1-5,8-9,12-13H,6-7H2. The topological polar surface area (TPSA) is 12.9 Å². The van der Waals surface area contributed by atoms with Gasteiger partial charge in [-0.15, -0.1) is 11.6 Å². The summed E-state index contributed by atoms with van der Waals surface area (Å²) in [6.45, 7) is 0. The fourth-order valence-corrected chi connectivity index (χ4v) is 3.71. The van der Waals surface area contributed by atoms with E-state index in [1.807, 2.05) is 24.4 Å². The van der Waals surface area contributed by atoms with Crippen LogP contribution in [-0.4, -0.2) is 4.98 Å². The minimum absolute atomic E-state index is 0.118. The van der Waals surface area contributed by atoms with Crippen LogP contribution >= 0.6 is 23.2 Å². The molecule has 0 amide bonds. The molecule has 88 valence electrons. The van der Waals surface area contributed by atoms with Crippen LogP contribution in [0.1, 0.15) is 23.1 Å². The average molecular weight is 266 g/mol. The number of aromatic nitrogens is 1. The third-order valence-corrected chi connectivity index (χ3v) is 4.50. The Labute approximate surface area is 111 Å². The molecule has 0 aromatic carbocycles. The summed E-state index contributed by atoms with van der Waals surface area (Å²) >= 11 is 12.9. The summed E-state index contributed by atoms with van der Waals surface area (Å²) in [5.41, 5.74) is 2.27. The normalized spacial score (nSPS) is 31.2. The van der Waals surface area contributed by atoms with E-state index in [0.29, 0.717) is 5.92 Å². The zero-order valence-electron chi connectivity index (χ0n) is 9.31. The number of alkyl halides is 1. The van der Waals surface area contributed by atoms with Crippen molar-refractivity contribution in [2.75, 3.05) is 0 Å². The third kappa shape index (κ3) is 1.92. The smallest absolute Gasteiger partial charge is 0.0842 e. The minimum atomic E-state index is -0.118. The Bertz CT molecular complexity index is 493. The highest BCUT2D eigenvalue weighted by Crippen LogP contribution is 2.46. The second-order valence-corrected chi connectivity index (χ2v) is 5.52. The summed E-state index contributed by atoms with van der Waals surface area (Å²) in [7, 11) is 0. The molecular formula is C14H13Cl2N. The summed E-state index contributed by atoms with van der Waals surface area (Å²) in [6, 6.07) is 4.10. The van der Waals surface area contributed by atoms with E-state index >= 15 is 0 Å². The lowest BCUT2D eigenvalue weighted by Gasteiger charge is -2.28. The predicted octanol–water partition coefficient (Wildman–Crippen LogP) is 4.23. The van der Waals surface area contributed by atoms with E-state index in [-0.39, 0.29) is 11.3 Å². The predicted molar refractivity (Wildman–Crippen MR) is 71.2 cm³/mol. The molecule has 0 fully saturated rings. The molecule has 0 saturated heterocycles. The number of nitrogens with zero attached hydrogens (tertiary/aromatic N) is 1. The van der Waals surface area contributed by atoms with Gasteiger partial charge in [-0.2, -0.15) is 0 Å². The van der Waals surface area contributed by atoms with Crippen molar-refractivity contribution in [3.05, 3.63) is 52.8 Å². The molecule has 1 nitrogen and oxygen atoms in total. The Morgan fingerprint density at radius 1 is 1.35 bits per heavy atom. The maximum Gasteiger partial charge on any atom is 0.0842 e. The maximum atomic E-state index is 6.60. The highest BCUT2D eigenvalue weighted by Gasteiger charge is 2.35. The van der Waals surface area contributed by atoms with E-state index in [1.54, 1.807) is 0 Å². The molecule has 1 aromatic heterocycles. The fourth-order valence-electron chi connectivity index (χ4n) is 2.76. The Morgan fingerprint density at radius 3 is 3.12 bits per heavy atom. The van der Waals surface area contributed by atoms with Gasteiger partial charge in [-0.3, -0.25) is 4.98 Å². The van der Waals surface area contributed by atoms with Gasteiger partial charge in [-0.05, 0) is 36.5 Å². The zero-order chi connectivity index (χ0) is 11.8. The first-order valence-corrected chi connectivity index (χ1v) is 6.70. The summed E-state index contributed by atoms with van der Waals surface area (Å²) < 4.78 is 0. The summed E-state index contributed by atoms with van der Waals surface area (Å²) in [5.74, 6) is 0.615. The molecular weight excluding hydrogens is 253 g/mol. The molecule has 1 heterocycles. The summed E-state index contributed by atoms with van der Waals surface area (Å²) in [4.78, 5) is 4.44. The number of allylic oxidation sites excluding steroid dienone is 4.